The van der Waals surface area contributed by atoms with Gasteiger partial charge in [-0.25, -0.2) is 0 Å². The van der Waals surface area contributed by atoms with Gasteiger partial charge < -0.3 is 5.11 Å². The van der Waals surface area contributed by atoms with E-state index >= 15 is 0 Å². The third-order valence-electron chi connectivity index (χ3n) is 3.10. The average Bonchev–Trinajstić information content (AvgIpc) is 2.56. The third kappa shape index (κ3) is 4.04. The molecular weight excluding hydrogens is 283 g/mol. The minimum Gasteiger partial charge on any atom is -0.871 e. The number of hydrogen-bond acceptors (Lipinski definition) is 3. The van der Waals surface area contributed by atoms with E-state index in [0.717, 1.165) is 16.8 Å². The maximum atomic E-state index is 11.9. The summed E-state index contributed by atoms with van der Waals surface area (Å²) < 4.78 is 0. The molecule has 0 aromatic heterocycles. The Balaban J connectivity index is 0.00000176. The molecular formula is C18H13N2NaO. The summed E-state index contributed by atoms with van der Waals surface area (Å²) in [5.41, 5.74) is 3.08. The predicted molar refractivity (Wildman–Crippen MR) is 81.9 cm³/mol. The van der Waals surface area contributed by atoms with E-state index in [1.165, 1.54) is 6.07 Å². The van der Waals surface area contributed by atoms with Crippen molar-refractivity contribution in [3.63, 3.8) is 0 Å². The fourth-order valence-corrected chi connectivity index (χ4v) is 2.01. The van der Waals surface area contributed by atoms with Crippen LogP contribution < -0.4 is 34.7 Å². The molecule has 0 N–H and O–H groups in total. The van der Waals surface area contributed by atoms with Crippen molar-refractivity contribution in [2.24, 2.45) is 10.2 Å². The van der Waals surface area contributed by atoms with Crippen molar-refractivity contribution in [1.82, 2.24) is 0 Å². The van der Waals surface area contributed by atoms with E-state index < -0.39 is 0 Å². The molecule has 3 rings (SSSR count). The first-order chi connectivity index (χ1) is 10.3. The zero-order valence-electron chi connectivity index (χ0n) is 12.3. The van der Waals surface area contributed by atoms with E-state index in [1.807, 2.05) is 60.7 Å². The minimum absolute atomic E-state index is 0. The van der Waals surface area contributed by atoms with Crippen molar-refractivity contribution in [1.29, 1.82) is 0 Å². The second-order valence-electron chi connectivity index (χ2n) is 4.58. The van der Waals surface area contributed by atoms with Crippen LogP contribution in [0, 0.1) is 0 Å². The van der Waals surface area contributed by atoms with Crippen LogP contribution >= 0.6 is 0 Å². The zero-order chi connectivity index (χ0) is 14.5. The second kappa shape index (κ2) is 7.90. The molecule has 0 saturated heterocycles. The van der Waals surface area contributed by atoms with Crippen molar-refractivity contribution >= 4 is 11.4 Å². The van der Waals surface area contributed by atoms with Crippen LogP contribution in [-0.4, -0.2) is 0 Å². The molecule has 3 aromatic rings. The van der Waals surface area contributed by atoms with E-state index in [1.54, 1.807) is 12.1 Å². The number of nitrogens with zero attached hydrogens (tertiary/aromatic N) is 2. The molecule has 3 nitrogen and oxygen atoms in total. The monoisotopic (exact) mass is 296 g/mol. The Bertz CT molecular complexity index is 759. The van der Waals surface area contributed by atoms with Gasteiger partial charge in [0.05, 0.1) is 11.4 Å². The molecule has 0 heterocycles. The molecule has 4 heteroatoms. The van der Waals surface area contributed by atoms with E-state index in [4.69, 9.17) is 0 Å². The quantitative estimate of drug-likeness (QED) is 0.537. The third-order valence-corrected chi connectivity index (χ3v) is 3.10. The number of hydrogen-bond donors (Lipinski definition) is 0. The predicted octanol–water partition coefficient (Wildman–Crippen LogP) is 1.85. The van der Waals surface area contributed by atoms with Gasteiger partial charge in [0.25, 0.3) is 0 Å². The molecule has 0 fully saturated rings. The summed E-state index contributed by atoms with van der Waals surface area (Å²) in [6.45, 7) is 0. The minimum atomic E-state index is -0.130. The summed E-state index contributed by atoms with van der Waals surface area (Å²) >= 11 is 0. The van der Waals surface area contributed by atoms with E-state index in [0.29, 0.717) is 5.69 Å². The van der Waals surface area contributed by atoms with Crippen LogP contribution in [0.15, 0.2) is 89.1 Å². The smallest absolute Gasteiger partial charge is 0.871 e. The fraction of sp³-hybridized carbons (Fsp3) is 0. The summed E-state index contributed by atoms with van der Waals surface area (Å²) in [6.07, 6.45) is 0. The molecule has 0 aliphatic rings. The van der Waals surface area contributed by atoms with Gasteiger partial charge in [-0.3, -0.25) is 0 Å². The van der Waals surface area contributed by atoms with Crippen molar-refractivity contribution in [2.45, 2.75) is 0 Å². The van der Waals surface area contributed by atoms with E-state index in [-0.39, 0.29) is 35.3 Å². The van der Waals surface area contributed by atoms with Crippen LogP contribution in [0.4, 0.5) is 11.4 Å². The molecule has 0 amide bonds. The topological polar surface area (TPSA) is 47.8 Å². The Kier molecular flexibility index (Phi) is 5.90. The van der Waals surface area contributed by atoms with Gasteiger partial charge in [0.1, 0.15) is 0 Å². The van der Waals surface area contributed by atoms with Gasteiger partial charge in [-0.2, -0.15) is 10.2 Å². The maximum Gasteiger partial charge on any atom is 1.00 e. The van der Waals surface area contributed by atoms with Gasteiger partial charge in [0.15, 0.2) is 0 Å². The molecule has 0 atom stereocenters. The Morgan fingerprint density at radius 2 is 1.27 bits per heavy atom. The molecule has 3 aromatic carbocycles. The Morgan fingerprint density at radius 1 is 0.636 bits per heavy atom. The normalized spacial score (nSPS) is 10.4. The fourth-order valence-electron chi connectivity index (χ4n) is 2.01. The molecule has 22 heavy (non-hydrogen) atoms. The summed E-state index contributed by atoms with van der Waals surface area (Å²) in [7, 11) is 0. The average molecular weight is 296 g/mol. The van der Waals surface area contributed by atoms with Crippen molar-refractivity contribution in [3.05, 3.63) is 78.9 Å². The van der Waals surface area contributed by atoms with Gasteiger partial charge in [0, 0.05) is 0 Å². The molecule has 0 spiro atoms. The Labute approximate surface area is 151 Å². The molecule has 0 unspecified atom stereocenters. The molecule has 102 valence electrons. The van der Waals surface area contributed by atoms with Gasteiger partial charge in [-0.15, -0.1) is 0 Å². The van der Waals surface area contributed by atoms with Crippen LogP contribution in [-0.2, 0) is 0 Å². The first-order valence-electron chi connectivity index (χ1n) is 6.66. The van der Waals surface area contributed by atoms with Gasteiger partial charge in [-0.1, -0.05) is 66.4 Å². The largest absolute Gasteiger partial charge is 1.00 e. The van der Waals surface area contributed by atoms with Crippen LogP contribution in [0.5, 0.6) is 5.75 Å². The standard InChI is InChI=1S/C18H14N2O.Na/c21-18-12-11-15(14-7-3-1-4-8-14)13-17(18)20-19-16-9-5-2-6-10-16;/h1-13,21H;/q;+1/p-1. The second-order valence-corrected chi connectivity index (χ2v) is 4.58. The molecule has 0 saturated carbocycles. The van der Waals surface area contributed by atoms with Crippen LogP contribution in [0.1, 0.15) is 0 Å². The molecule has 0 bridgehead atoms. The van der Waals surface area contributed by atoms with E-state index in [2.05, 4.69) is 10.2 Å². The zero-order valence-corrected chi connectivity index (χ0v) is 14.3. The van der Waals surface area contributed by atoms with Crippen LogP contribution in [0.2, 0.25) is 0 Å². The van der Waals surface area contributed by atoms with Gasteiger partial charge in [0.2, 0.25) is 0 Å². The summed E-state index contributed by atoms with van der Waals surface area (Å²) in [6, 6.07) is 24.3. The number of azo groups is 1. The van der Waals surface area contributed by atoms with Crippen molar-refractivity contribution in [3.8, 4) is 16.9 Å². The summed E-state index contributed by atoms with van der Waals surface area (Å²) in [5, 5.41) is 20.0. The van der Waals surface area contributed by atoms with Gasteiger partial charge in [-0.05, 0) is 29.3 Å². The summed E-state index contributed by atoms with van der Waals surface area (Å²) in [5.74, 6) is -0.130. The molecule has 0 aliphatic carbocycles. The summed E-state index contributed by atoms with van der Waals surface area (Å²) in [4.78, 5) is 0. The molecule has 0 radical (unpaired) electrons. The van der Waals surface area contributed by atoms with Crippen molar-refractivity contribution < 1.29 is 34.7 Å². The Morgan fingerprint density at radius 3 is 1.95 bits per heavy atom. The van der Waals surface area contributed by atoms with Crippen LogP contribution in [0.3, 0.4) is 0 Å². The maximum absolute atomic E-state index is 11.9. The van der Waals surface area contributed by atoms with Gasteiger partial charge >= 0.3 is 29.6 Å². The Hall–Kier alpha value is -1.94. The van der Waals surface area contributed by atoms with Crippen LogP contribution in [0.25, 0.3) is 11.1 Å². The first kappa shape index (κ1) is 16.4. The number of benzene rings is 3. The SMILES string of the molecule is [Na+].[O-]c1ccc(-c2ccccc2)cc1N=Nc1ccccc1. The first-order valence-corrected chi connectivity index (χ1v) is 6.66. The number of rotatable bonds is 3. The van der Waals surface area contributed by atoms with Crippen molar-refractivity contribution in [2.75, 3.05) is 0 Å². The molecule has 0 aliphatic heterocycles. The van der Waals surface area contributed by atoms with E-state index in [9.17, 15) is 5.11 Å².